The van der Waals surface area contributed by atoms with Gasteiger partial charge in [0.25, 0.3) is 5.91 Å². The first-order chi connectivity index (χ1) is 9.50. The lowest BCUT2D eigenvalue weighted by atomic mass is 10.1. The normalized spacial score (nSPS) is 10.2. The van der Waals surface area contributed by atoms with Crippen LogP contribution >= 0.6 is 11.6 Å². The van der Waals surface area contributed by atoms with Gasteiger partial charge >= 0.3 is 0 Å². The van der Waals surface area contributed by atoms with Crippen molar-refractivity contribution in [3.8, 4) is 0 Å². The number of halogens is 1. The maximum absolute atomic E-state index is 12.3. The molecule has 0 spiro atoms. The predicted molar refractivity (Wildman–Crippen MR) is 80.6 cm³/mol. The molecule has 0 unspecified atom stereocenters. The summed E-state index contributed by atoms with van der Waals surface area (Å²) in [7, 11) is 0. The third-order valence-corrected chi connectivity index (χ3v) is 3.49. The standard InChI is InChI=1S/C16H14ClNO2/c1-10-6-5-8-13(15(10)17)16(20)18-14-9-4-3-7-12(14)11(2)19/h3-9H,1-2H3,(H,18,20). The number of anilines is 1. The summed E-state index contributed by atoms with van der Waals surface area (Å²) in [5.74, 6) is -0.427. The number of para-hydroxylation sites is 1. The molecule has 4 heteroatoms. The molecule has 2 rings (SSSR count). The summed E-state index contributed by atoms with van der Waals surface area (Å²) in [5, 5.41) is 3.15. The lowest BCUT2D eigenvalue weighted by Gasteiger charge is -2.10. The minimum absolute atomic E-state index is 0.101. The highest BCUT2D eigenvalue weighted by Crippen LogP contribution is 2.22. The van der Waals surface area contributed by atoms with E-state index >= 15 is 0 Å². The number of amides is 1. The van der Waals surface area contributed by atoms with Crippen LogP contribution in [0.4, 0.5) is 5.69 Å². The largest absolute Gasteiger partial charge is 0.321 e. The zero-order valence-electron chi connectivity index (χ0n) is 11.2. The molecule has 0 aliphatic heterocycles. The summed E-state index contributed by atoms with van der Waals surface area (Å²) in [6.07, 6.45) is 0. The summed E-state index contributed by atoms with van der Waals surface area (Å²) < 4.78 is 0. The molecule has 0 heterocycles. The number of benzene rings is 2. The lowest BCUT2D eigenvalue weighted by Crippen LogP contribution is -2.15. The van der Waals surface area contributed by atoms with Gasteiger partial charge in [0.05, 0.1) is 16.3 Å². The summed E-state index contributed by atoms with van der Waals surface area (Å²) in [6, 6.07) is 12.1. The van der Waals surface area contributed by atoms with Crippen LogP contribution < -0.4 is 5.32 Å². The minimum atomic E-state index is -0.326. The quantitative estimate of drug-likeness (QED) is 0.864. The van der Waals surface area contributed by atoms with Crippen LogP contribution in [0.1, 0.15) is 33.2 Å². The Morgan fingerprint density at radius 1 is 1.00 bits per heavy atom. The number of aryl methyl sites for hydroxylation is 1. The van der Waals surface area contributed by atoms with Crippen LogP contribution in [-0.2, 0) is 0 Å². The molecular weight excluding hydrogens is 274 g/mol. The first-order valence-electron chi connectivity index (χ1n) is 6.17. The highest BCUT2D eigenvalue weighted by atomic mass is 35.5. The summed E-state index contributed by atoms with van der Waals surface area (Å²) >= 11 is 6.13. The average Bonchev–Trinajstić information content (AvgIpc) is 2.42. The molecule has 102 valence electrons. The van der Waals surface area contributed by atoms with Crippen molar-refractivity contribution >= 4 is 29.0 Å². The van der Waals surface area contributed by atoms with E-state index in [-0.39, 0.29) is 11.7 Å². The summed E-state index contributed by atoms with van der Waals surface area (Å²) in [4.78, 5) is 23.8. The molecule has 1 N–H and O–H groups in total. The van der Waals surface area contributed by atoms with Gasteiger partial charge in [-0.05, 0) is 37.6 Å². The SMILES string of the molecule is CC(=O)c1ccccc1NC(=O)c1cccc(C)c1Cl. The Hall–Kier alpha value is -2.13. The van der Waals surface area contributed by atoms with Crippen molar-refractivity contribution in [1.82, 2.24) is 0 Å². The van der Waals surface area contributed by atoms with E-state index in [2.05, 4.69) is 5.32 Å². The molecule has 1 amide bonds. The molecule has 20 heavy (non-hydrogen) atoms. The van der Waals surface area contributed by atoms with E-state index in [0.29, 0.717) is 21.8 Å². The molecule has 0 saturated carbocycles. The number of hydrogen-bond donors (Lipinski definition) is 1. The number of hydrogen-bond acceptors (Lipinski definition) is 2. The van der Waals surface area contributed by atoms with E-state index in [0.717, 1.165) is 5.56 Å². The third kappa shape index (κ3) is 2.89. The molecule has 0 atom stereocenters. The molecule has 0 saturated heterocycles. The van der Waals surface area contributed by atoms with Crippen molar-refractivity contribution in [3.05, 3.63) is 64.2 Å². The molecule has 0 fully saturated rings. The molecule has 2 aromatic rings. The lowest BCUT2D eigenvalue weighted by molar-refractivity contribution is 0.101. The number of rotatable bonds is 3. The van der Waals surface area contributed by atoms with Crippen molar-refractivity contribution in [2.24, 2.45) is 0 Å². The van der Waals surface area contributed by atoms with Gasteiger partial charge in [-0.3, -0.25) is 9.59 Å². The van der Waals surface area contributed by atoms with Crippen molar-refractivity contribution < 1.29 is 9.59 Å². The Morgan fingerprint density at radius 3 is 2.35 bits per heavy atom. The molecule has 0 bridgehead atoms. The van der Waals surface area contributed by atoms with Crippen LogP contribution in [0, 0.1) is 6.92 Å². The van der Waals surface area contributed by atoms with E-state index in [1.807, 2.05) is 13.0 Å². The molecule has 0 aromatic heterocycles. The van der Waals surface area contributed by atoms with Crippen LogP contribution in [0.2, 0.25) is 5.02 Å². The van der Waals surface area contributed by atoms with Gasteiger partial charge < -0.3 is 5.32 Å². The highest BCUT2D eigenvalue weighted by molar-refractivity contribution is 6.35. The Kier molecular flexibility index (Phi) is 4.20. The Bertz CT molecular complexity index is 680. The van der Waals surface area contributed by atoms with E-state index in [1.165, 1.54) is 6.92 Å². The first kappa shape index (κ1) is 14.3. The van der Waals surface area contributed by atoms with Crippen molar-refractivity contribution in [2.45, 2.75) is 13.8 Å². The van der Waals surface area contributed by atoms with Gasteiger partial charge in [0, 0.05) is 5.56 Å². The zero-order chi connectivity index (χ0) is 14.7. The van der Waals surface area contributed by atoms with Crippen molar-refractivity contribution in [2.75, 3.05) is 5.32 Å². The Morgan fingerprint density at radius 2 is 1.65 bits per heavy atom. The fourth-order valence-corrected chi connectivity index (χ4v) is 2.12. The van der Waals surface area contributed by atoms with Gasteiger partial charge in [0.15, 0.2) is 5.78 Å². The average molecular weight is 288 g/mol. The molecule has 0 radical (unpaired) electrons. The fraction of sp³-hybridized carbons (Fsp3) is 0.125. The number of carbonyl (C=O) groups excluding carboxylic acids is 2. The molecule has 2 aromatic carbocycles. The second-order valence-corrected chi connectivity index (χ2v) is 4.87. The number of carbonyl (C=O) groups is 2. The first-order valence-corrected chi connectivity index (χ1v) is 6.55. The number of nitrogens with one attached hydrogen (secondary N) is 1. The van der Waals surface area contributed by atoms with Crippen LogP contribution in [0.5, 0.6) is 0 Å². The van der Waals surface area contributed by atoms with Crippen molar-refractivity contribution in [3.63, 3.8) is 0 Å². The number of ketones is 1. The molecule has 3 nitrogen and oxygen atoms in total. The molecule has 0 aliphatic carbocycles. The molecular formula is C16H14ClNO2. The maximum Gasteiger partial charge on any atom is 0.257 e. The monoisotopic (exact) mass is 287 g/mol. The van der Waals surface area contributed by atoms with Gasteiger partial charge in [-0.1, -0.05) is 35.9 Å². The molecule has 0 aliphatic rings. The van der Waals surface area contributed by atoms with E-state index in [1.54, 1.807) is 36.4 Å². The van der Waals surface area contributed by atoms with E-state index in [4.69, 9.17) is 11.6 Å². The second-order valence-electron chi connectivity index (χ2n) is 4.49. The smallest absolute Gasteiger partial charge is 0.257 e. The van der Waals surface area contributed by atoms with Gasteiger partial charge in [-0.15, -0.1) is 0 Å². The zero-order valence-corrected chi connectivity index (χ0v) is 12.0. The maximum atomic E-state index is 12.3. The van der Waals surface area contributed by atoms with Gasteiger partial charge in [-0.2, -0.15) is 0 Å². The topological polar surface area (TPSA) is 46.2 Å². The number of Topliss-reactive ketones (excluding diaryl/α,β-unsaturated/α-hetero) is 1. The second kappa shape index (κ2) is 5.88. The van der Waals surface area contributed by atoms with E-state index < -0.39 is 0 Å². The Balaban J connectivity index is 2.33. The summed E-state index contributed by atoms with van der Waals surface area (Å²) in [5.41, 5.74) is 2.19. The highest BCUT2D eigenvalue weighted by Gasteiger charge is 2.14. The van der Waals surface area contributed by atoms with Crippen LogP contribution in [-0.4, -0.2) is 11.7 Å². The van der Waals surface area contributed by atoms with Gasteiger partial charge in [-0.25, -0.2) is 0 Å². The predicted octanol–water partition coefficient (Wildman–Crippen LogP) is 4.10. The van der Waals surface area contributed by atoms with Crippen LogP contribution in [0.25, 0.3) is 0 Å². The van der Waals surface area contributed by atoms with Crippen molar-refractivity contribution in [1.29, 1.82) is 0 Å². The van der Waals surface area contributed by atoms with Gasteiger partial charge in [0.1, 0.15) is 0 Å². The van der Waals surface area contributed by atoms with E-state index in [9.17, 15) is 9.59 Å². The van der Waals surface area contributed by atoms with Crippen LogP contribution in [0.15, 0.2) is 42.5 Å². The summed E-state index contributed by atoms with van der Waals surface area (Å²) in [6.45, 7) is 3.30. The van der Waals surface area contributed by atoms with Gasteiger partial charge in [0.2, 0.25) is 0 Å². The fourth-order valence-electron chi connectivity index (χ4n) is 1.91. The minimum Gasteiger partial charge on any atom is -0.321 e. The van der Waals surface area contributed by atoms with Crippen LogP contribution in [0.3, 0.4) is 0 Å². The third-order valence-electron chi connectivity index (χ3n) is 2.99. The Labute approximate surface area is 122 Å².